The number of aromatic nitrogens is 4. The Kier molecular flexibility index (Phi) is 5.96. The number of para-hydroxylation sites is 4. The lowest BCUT2D eigenvalue weighted by molar-refractivity contribution is 0.653. The quantitative estimate of drug-likeness (QED) is 0.165. The Morgan fingerprint density at radius 1 is 0.373 bits per heavy atom. The van der Waals surface area contributed by atoms with E-state index in [1.807, 2.05) is 18.2 Å². The number of benzene rings is 9. The molecule has 0 aliphatic carbocycles. The van der Waals surface area contributed by atoms with Gasteiger partial charge in [-0.1, -0.05) is 140 Å². The molecule has 0 radical (unpaired) electrons. The van der Waals surface area contributed by atoms with E-state index < -0.39 is 0 Å². The van der Waals surface area contributed by atoms with Gasteiger partial charge in [-0.15, -0.1) is 0 Å². The van der Waals surface area contributed by atoms with E-state index in [1.165, 1.54) is 60.5 Å². The van der Waals surface area contributed by atoms with Crippen LogP contribution in [0.1, 0.15) is 0 Å². The lowest BCUT2D eigenvalue weighted by Crippen LogP contribution is -2.03. The molecule has 13 aromatic rings. The van der Waals surface area contributed by atoms with Crippen molar-refractivity contribution in [2.24, 2.45) is 0 Å². The standard InChI is InChI=1S/C54H30N4O/c1-2-15-32-31(14-1)28-44(36-19-6-3-16-33(32)36)50-53(55-51-41-22-9-12-27-49(41)59-54(51)56-50)58-46-26-11-8-21-38(46)42-29-47-43(30-48(42)58)40-24-13-23-39-35-18-5-4-17-34(35)37-20-7-10-25-45(37)57(47)52(39)40/h1-30H. The normalized spacial score (nSPS) is 12.4. The van der Waals surface area contributed by atoms with E-state index in [2.05, 4.69) is 173 Å². The molecular weight excluding hydrogens is 721 g/mol. The maximum atomic E-state index is 6.48. The van der Waals surface area contributed by atoms with Crippen LogP contribution < -0.4 is 0 Å². The molecule has 272 valence electrons. The van der Waals surface area contributed by atoms with Gasteiger partial charge in [0.1, 0.15) is 16.8 Å². The zero-order chi connectivity index (χ0) is 38.3. The average Bonchev–Trinajstić information content (AvgIpc) is 3.91. The Morgan fingerprint density at radius 2 is 0.983 bits per heavy atom. The van der Waals surface area contributed by atoms with Crippen LogP contribution in [0.2, 0.25) is 0 Å². The van der Waals surface area contributed by atoms with Crippen molar-refractivity contribution >= 4 is 87.4 Å². The molecule has 9 aromatic carbocycles. The molecule has 5 heterocycles. The molecule has 0 amide bonds. The Bertz CT molecular complexity index is 3980. The van der Waals surface area contributed by atoms with Gasteiger partial charge in [0.2, 0.25) is 5.71 Å². The molecule has 59 heavy (non-hydrogen) atoms. The van der Waals surface area contributed by atoms with Gasteiger partial charge < -0.3 is 8.98 Å². The van der Waals surface area contributed by atoms with Gasteiger partial charge in [0.25, 0.3) is 0 Å². The second kappa shape index (κ2) is 11.3. The summed E-state index contributed by atoms with van der Waals surface area (Å²) in [7, 11) is 0. The summed E-state index contributed by atoms with van der Waals surface area (Å²) < 4.78 is 11.3. The molecular formula is C54H30N4O. The van der Waals surface area contributed by atoms with Gasteiger partial charge in [-0.05, 0) is 75.1 Å². The van der Waals surface area contributed by atoms with Crippen LogP contribution in [0.5, 0.6) is 0 Å². The van der Waals surface area contributed by atoms with Gasteiger partial charge in [-0.2, -0.15) is 0 Å². The van der Waals surface area contributed by atoms with Crippen molar-refractivity contribution in [3.05, 3.63) is 182 Å². The SMILES string of the molecule is c1ccc2c(c1)-c1ccccc1-n1c3cc4c5ccccc5n(-c5nc6c(nc5-c5cc7ccccc7c7ccccc57)oc5ccccc56)c4cc3c3cccc-2c31. The van der Waals surface area contributed by atoms with Crippen molar-refractivity contribution < 1.29 is 4.42 Å². The number of rotatable bonds is 2. The van der Waals surface area contributed by atoms with E-state index in [9.17, 15) is 0 Å². The number of fused-ring (bicyclic) bond motifs is 17. The average molecular weight is 751 g/mol. The molecule has 0 atom stereocenters. The summed E-state index contributed by atoms with van der Waals surface area (Å²) >= 11 is 0. The van der Waals surface area contributed by atoms with Gasteiger partial charge >= 0.3 is 0 Å². The summed E-state index contributed by atoms with van der Waals surface area (Å²) in [6.45, 7) is 0. The molecule has 14 rings (SSSR count). The van der Waals surface area contributed by atoms with Crippen molar-refractivity contribution in [3.63, 3.8) is 0 Å². The smallest absolute Gasteiger partial charge is 0.247 e. The van der Waals surface area contributed by atoms with E-state index >= 15 is 0 Å². The highest BCUT2D eigenvalue weighted by molar-refractivity contribution is 6.22. The summed E-state index contributed by atoms with van der Waals surface area (Å²) in [6, 6.07) is 65.5. The molecule has 0 bridgehead atoms. The zero-order valence-electron chi connectivity index (χ0n) is 31.5. The number of hydrogen-bond donors (Lipinski definition) is 0. The molecule has 4 aromatic heterocycles. The monoisotopic (exact) mass is 750 g/mol. The Hall–Kier alpha value is -8.02. The summed E-state index contributed by atoms with van der Waals surface area (Å²) in [6.07, 6.45) is 0. The first-order valence-corrected chi connectivity index (χ1v) is 20.1. The van der Waals surface area contributed by atoms with Gasteiger partial charge in [0.05, 0.1) is 27.8 Å². The third-order valence-corrected chi connectivity index (χ3v) is 12.7. The van der Waals surface area contributed by atoms with Crippen LogP contribution in [0.3, 0.4) is 0 Å². The van der Waals surface area contributed by atoms with E-state index in [-0.39, 0.29) is 0 Å². The fourth-order valence-electron chi connectivity index (χ4n) is 10.2. The number of hydrogen-bond acceptors (Lipinski definition) is 3. The van der Waals surface area contributed by atoms with Crippen molar-refractivity contribution in [2.75, 3.05) is 0 Å². The molecule has 5 nitrogen and oxygen atoms in total. The fourth-order valence-corrected chi connectivity index (χ4v) is 10.2. The topological polar surface area (TPSA) is 48.8 Å². The molecule has 0 fully saturated rings. The van der Waals surface area contributed by atoms with E-state index in [1.54, 1.807) is 0 Å². The van der Waals surface area contributed by atoms with Gasteiger partial charge in [0.15, 0.2) is 5.82 Å². The maximum Gasteiger partial charge on any atom is 0.247 e. The fraction of sp³-hybridized carbons (Fsp3) is 0. The van der Waals surface area contributed by atoms with Crippen LogP contribution in [0.4, 0.5) is 0 Å². The first kappa shape index (κ1) is 31.1. The largest absolute Gasteiger partial charge is 0.436 e. The molecule has 0 unspecified atom stereocenters. The minimum Gasteiger partial charge on any atom is -0.436 e. The molecule has 0 saturated heterocycles. The Balaban J connectivity index is 1.16. The lowest BCUT2D eigenvalue weighted by atomic mass is 9.94. The van der Waals surface area contributed by atoms with Gasteiger partial charge in [0, 0.05) is 43.6 Å². The third kappa shape index (κ3) is 4.08. The minimum absolute atomic E-state index is 0.523. The van der Waals surface area contributed by atoms with Crippen molar-refractivity contribution in [1.29, 1.82) is 0 Å². The van der Waals surface area contributed by atoms with E-state index in [4.69, 9.17) is 14.4 Å². The molecule has 0 spiro atoms. The summed E-state index contributed by atoms with van der Waals surface area (Å²) in [5, 5.41) is 10.3. The number of nitrogens with zero attached hydrogens (tertiary/aromatic N) is 4. The summed E-state index contributed by atoms with van der Waals surface area (Å²) in [5.74, 6) is 0.764. The van der Waals surface area contributed by atoms with Crippen molar-refractivity contribution in [3.8, 4) is 45.0 Å². The summed E-state index contributed by atoms with van der Waals surface area (Å²) in [4.78, 5) is 11.1. The Labute approximate surface area is 336 Å². The molecule has 5 heteroatoms. The predicted octanol–water partition coefficient (Wildman–Crippen LogP) is 14.2. The van der Waals surface area contributed by atoms with Crippen molar-refractivity contribution in [2.45, 2.75) is 0 Å². The first-order valence-electron chi connectivity index (χ1n) is 20.1. The minimum atomic E-state index is 0.523. The van der Waals surface area contributed by atoms with Crippen LogP contribution in [0, 0.1) is 0 Å². The highest BCUT2D eigenvalue weighted by Crippen LogP contribution is 2.48. The first-order chi connectivity index (χ1) is 29.3. The van der Waals surface area contributed by atoms with Crippen LogP contribution in [0.15, 0.2) is 186 Å². The van der Waals surface area contributed by atoms with Crippen LogP contribution >= 0.6 is 0 Å². The molecule has 0 N–H and O–H groups in total. The van der Waals surface area contributed by atoms with E-state index in [0.717, 1.165) is 66.1 Å². The van der Waals surface area contributed by atoms with E-state index in [0.29, 0.717) is 5.71 Å². The maximum absolute atomic E-state index is 6.48. The van der Waals surface area contributed by atoms with Gasteiger partial charge in [-0.25, -0.2) is 9.97 Å². The highest BCUT2D eigenvalue weighted by Gasteiger charge is 2.27. The van der Waals surface area contributed by atoms with Gasteiger partial charge in [-0.3, -0.25) is 4.57 Å². The molecule has 0 saturated carbocycles. The third-order valence-electron chi connectivity index (χ3n) is 12.7. The van der Waals surface area contributed by atoms with Crippen LogP contribution in [-0.2, 0) is 0 Å². The highest BCUT2D eigenvalue weighted by atomic mass is 16.3. The molecule has 1 aliphatic rings. The van der Waals surface area contributed by atoms with Crippen LogP contribution in [-0.4, -0.2) is 19.1 Å². The lowest BCUT2D eigenvalue weighted by Gasteiger charge is -2.15. The predicted molar refractivity (Wildman–Crippen MR) is 243 cm³/mol. The van der Waals surface area contributed by atoms with Crippen molar-refractivity contribution in [1.82, 2.24) is 19.1 Å². The summed E-state index contributed by atoms with van der Waals surface area (Å²) in [5.41, 5.74) is 14.5. The Morgan fingerprint density at radius 3 is 1.85 bits per heavy atom. The molecule has 1 aliphatic heterocycles. The second-order valence-corrected chi connectivity index (χ2v) is 15.7. The zero-order valence-corrected chi connectivity index (χ0v) is 31.5. The van der Waals surface area contributed by atoms with Crippen LogP contribution in [0.25, 0.3) is 132 Å². The number of furan rings is 1. The second-order valence-electron chi connectivity index (χ2n) is 15.7.